The third-order valence-electron chi connectivity index (χ3n) is 10.8. The average molecular weight is 764 g/mol. The number of benzene rings is 6. The molecule has 6 heterocycles. The van der Waals surface area contributed by atoms with Gasteiger partial charge in [0, 0.05) is 81.4 Å². The predicted molar refractivity (Wildman–Crippen MR) is 234 cm³/mol. The highest BCUT2D eigenvalue weighted by Gasteiger charge is 2.19. The second-order valence-electron chi connectivity index (χ2n) is 14.2. The van der Waals surface area contributed by atoms with Gasteiger partial charge in [-0.05, 0) is 90.9 Å². The fourth-order valence-electron chi connectivity index (χ4n) is 8.32. The minimum atomic E-state index is 0.355. The molecule has 9 nitrogen and oxygen atoms in total. The zero-order valence-electron chi connectivity index (χ0n) is 33.2. The van der Waals surface area contributed by atoms with Crippen LogP contribution in [0, 0.1) is 0 Å². The molecule has 59 heavy (non-hydrogen) atoms. The SMILES string of the molecule is [2H]c1cc(Oc2ccc3c4ccc(Oc5cc([2H])c6c7ccccc7n(-c7ccccn7)c6c5)cc4n(-c4ncccn4)c3c2)cc2c1c1ccccc1n2-c1ccccn1. The number of pyridine rings is 2. The summed E-state index contributed by atoms with van der Waals surface area (Å²) < 4.78 is 37.7. The number of rotatable bonds is 7. The van der Waals surface area contributed by atoms with Crippen molar-refractivity contribution >= 4 is 65.4 Å². The third-order valence-corrected chi connectivity index (χ3v) is 10.8. The van der Waals surface area contributed by atoms with Crippen LogP contribution in [0.2, 0.25) is 0 Å². The van der Waals surface area contributed by atoms with Crippen LogP contribution in [-0.4, -0.2) is 33.6 Å². The third kappa shape index (κ3) is 5.33. The molecule has 0 spiro atoms. The van der Waals surface area contributed by atoms with Crippen molar-refractivity contribution in [2.45, 2.75) is 0 Å². The van der Waals surface area contributed by atoms with Gasteiger partial charge in [0.1, 0.15) is 34.6 Å². The molecule has 278 valence electrons. The van der Waals surface area contributed by atoms with Crippen molar-refractivity contribution in [1.29, 1.82) is 0 Å². The van der Waals surface area contributed by atoms with E-state index < -0.39 is 0 Å². The van der Waals surface area contributed by atoms with E-state index in [1.165, 1.54) is 0 Å². The molecule has 6 aromatic heterocycles. The molecule has 0 bridgehead atoms. The standard InChI is InChI=1S/C50H31N7O2/c1-3-12-42-36(10-1)38-20-16-32(28-44(38)55(42)48-14-5-7-24-51-48)58-34-18-22-40-41-23-19-35(31-47(41)57(46(40)30-34)50-53-26-9-27-54-50)59-33-17-21-39-37-11-2-4-13-43(37)56(45(39)29-33)49-15-6-8-25-52-49/h1-31H/i20D,21D. The van der Waals surface area contributed by atoms with Crippen molar-refractivity contribution < 1.29 is 12.2 Å². The second-order valence-corrected chi connectivity index (χ2v) is 14.2. The minimum absolute atomic E-state index is 0.355. The van der Waals surface area contributed by atoms with Gasteiger partial charge in [-0.1, -0.05) is 48.5 Å². The van der Waals surface area contributed by atoms with Crippen LogP contribution in [0.5, 0.6) is 23.0 Å². The lowest BCUT2D eigenvalue weighted by atomic mass is 10.1. The van der Waals surface area contributed by atoms with E-state index in [4.69, 9.17) is 12.2 Å². The van der Waals surface area contributed by atoms with E-state index in [0.29, 0.717) is 41.0 Å². The molecule has 0 N–H and O–H groups in total. The van der Waals surface area contributed by atoms with Gasteiger partial charge in [0.15, 0.2) is 0 Å². The number of hydrogen-bond acceptors (Lipinski definition) is 6. The Bertz CT molecular complexity index is 3460. The van der Waals surface area contributed by atoms with Gasteiger partial charge in [0.05, 0.1) is 35.8 Å². The van der Waals surface area contributed by atoms with Gasteiger partial charge < -0.3 is 9.47 Å². The van der Waals surface area contributed by atoms with Gasteiger partial charge in [0.25, 0.3) is 0 Å². The van der Waals surface area contributed by atoms with E-state index in [-0.39, 0.29) is 0 Å². The van der Waals surface area contributed by atoms with Crippen molar-refractivity contribution in [3.63, 3.8) is 0 Å². The molecule has 0 radical (unpaired) electrons. The van der Waals surface area contributed by atoms with Crippen molar-refractivity contribution in [1.82, 2.24) is 33.6 Å². The Labute approximate surface area is 339 Å². The smallest absolute Gasteiger partial charge is 0.234 e. The monoisotopic (exact) mass is 763 g/mol. The quantitative estimate of drug-likeness (QED) is 0.161. The van der Waals surface area contributed by atoms with Crippen molar-refractivity contribution in [2.75, 3.05) is 0 Å². The van der Waals surface area contributed by atoms with Gasteiger partial charge in [-0.15, -0.1) is 0 Å². The van der Waals surface area contributed by atoms with Crippen LogP contribution in [-0.2, 0) is 0 Å². The zero-order chi connectivity index (χ0) is 40.6. The maximum absolute atomic E-state index is 9.15. The van der Waals surface area contributed by atoms with Crippen LogP contribution < -0.4 is 9.47 Å². The normalized spacial score (nSPS) is 12.2. The summed E-state index contributed by atoms with van der Waals surface area (Å²) in [5, 5.41) is 5.57. The molecule has 0 unspecified atom stereocenters. The highest BCUT2D eigenvalue weighted by atomic mass is 16.5. The van der Waals surface area contributed by atoms with Gasteiger partial charge in [-0.2, -0.15) is 0 Å². The molecule has 0 fully saturated rings. The molecule has 0 atom stereocenters. The second kappa shape index (κ2) is 13.1. The van der Waals surface area contributed by atoms with E-state index in [0.717, 1.165) is 77.1 Å². The lowest BCUT2D eigenvalue weighted by Crippen LogP contribution is -2.00. The topological polar surface area (TPSA) is 84.8 Å². The summed E-state index contributed by atoms with van der Waals surface area (Å²) in [7, 11) is 0. The highest BCUT2D eigenvalue weighted by Crippen LogP contribution is 2.40. The largest absolute Gasteiger partial charge is 0.457 e. The summed E-state index contributed by atoms with van der Waals surface area (Å²) in [4.78, 5) is 18.6. The Hall–Kier alpha value is -8.30. The molecular formula is C50H31N7O2. The molecule has 12 aromatic rings. The molecule has 0 aliphatic carbocycles. The zero-order valence-corrected chi connectivity index (χ0v) is 31.2. The summed E-state index contributed by atoms with van der Waals surface area (Å²) in [6.45, 7) is 0. The fraction of sp³-hybridized carbons (Fsp3) is 0. The first-order valence-electron chi connectivity index (χ1n) is 20.2. The molecule has 0 aliphatic heterocycles. The summed E-state index contributed by atoms with van der Waals surface area (Å²) >= 11 is 0. The van der Waals surface area contributed by atoms with Gasteiger partial charge in [-0.3, -0.25) is 13.7 Å². The van der Waals surface area contributed by atoms with Crippen molar-refractivity contribution in [3.05, 3.63) is 189 Å². The molecule has 6 aromatic carbocycles. The number of ether oxygens (including phenoxy) is 2. The lowest BCUT2D eigenvalue weighted by molar-refractivity contribution is 0.484. The van der Waals surface area contributed by atoms with E-state index >= 15 is 0 Å². The Kier molecular flexibility index (Phi) is 6.88. The van der Waals surface area contributed by atoms with Crippen LogP contribution in [0.15, 0.2) is 189 Å². The first-order chi connectivity index (χ1) is 30.1. The summed E-state index contributed by atoms with van der Waals surface area (Å²) in [5.74, 6) is 4.23. The number of fused-ring (bicyclic) bond motifs is 9. The molecule has 0 saturated heterocycles. The van der Waals surface area contributed by atoms with E-state index in [9.17, 15) is 0 Å². The number of nitrogens with zero attached hydrogens (tertiary/aromatic N) is 7. The minimum Gasteiger partial charge on any atom is -0.457 e. The first kappa shape index (κ1) is 30.9. The van der Waals surface area contributed by atoms with Gasteiger partial charge in [0.2, 0.25) is 5.95 Å². The summed E-state index contributed by atoms with van der Waals surface area (Å²) in [6, 6.07) is 49.7. The summed E-state index contributed by atoms with van der Waals surface area (Å²) in [6.07, 6.45) is 6.99. The Balaban J connectivity index is 0.971. The summed E-state index contributed by atoms with van der Waals surface area (Å²) in [5.41, 5.74) is 5.26. The van der Waals surface area contributed by atoms with Gasteiger partial charge >= 0.3 is 0 Å². The maximum Gasteiger partial charge on any atom is 0.234 e. The van der Waals surface area contributed by atoms with Gasteiger partial charge in [-0.25, -0.2) is 19.9 Å². The van der Waals surface area contributed by atoms with Crippen LogP contribution in [0.3, 0.4) is 0 Å². The molecular weight excluding hydrogens is 731 g/mol. The molecule has 0 amide bonds. The van der Waals surface area contributed by atoms with E-state index in [1.54, 1.807) is 43.0 Å². The first-order valence-corrected chi connectivity index (χ1v) is 19.2. The highest BCUT2D eigenvalue weighted by molar-refractivity contribution is 6.11. The predicted octanol–water partition coefficient (Wildman–Crippen LogP) is 12.1. The van der Waals surface area contributed by atoms with Crippen molar-refractivity contribution in [3.8, 4) is 40.6 Å². The molecule has 0 aliphatic rings. The fourth-order valence-corrected chi connectivity index (χ4v) is 8.32. The van der Waals surface area contributed by atoms with Crippen LogP contribution in [0.1, 0.15) is 2.74 Å². The van der Waals surface area contributed by atoms with Crippen LogP contribution in [0.25, 0.3) is 83.0 Å². The number of hydrogen-bond donors (Lipinski definition) is 0. The maximum atomic E-state index is 9.15. The molecule has 12 rings (SSSR count). The Morgan fingerprint density at radius 2 is 0.746 bits per heavy atom. The molecule has 0 saturated carbocycles. The van der Waals surface area contributed by atoms with Crippen LogP contribution >= 0.6 is 0 Å². The van der Waals surface area contributed by atoms with Crippen LogP contribution in [0.4, 0.5) is 0 Å². The number of aromatic nitrogens is 7. The van der Waals surface area contributed by atoms with Crippen molar-refractivity contribution in [2.24, 2.45) is 0 Å². The Morgan fingerprint density at radius 3 is 1.22 bits per heavy atom. The van der Waals surface area contributed by atoms with E-state index in [2.05, 4.69) is 29.1 Å². The molecule has 9 heteroatoms. The lowest BCUT2D eigenvalue weighted by Gasteiger charge is -2.10. The average Bonchev–Trinajstić information content (AvgIpc) is 3.92. The Morgan fingerprint density at radius 1 is 0.339 bits per heavy atom. The van der Waals surface area contributed by atoms with E-state index in [1.807, 2.05) is 138 Å². The number of para-hydroxylation sites is 2.